The topological polar surface area (TPSA) is 83.6 Å². The number of aliphatic imine (C=N–C) groups is 2. The first-order valence-electron chi connectivity index (χ1n) is 6.65. The van der Waals surface area contributed by atoms with Gasteiger partial charge < -0.3 is 19.7 Å². The SMILES string of the molecule is C[C@H]1OC(C(C)(C)C2=N[C@]3(C[C@H]3O)[C@@H](C)O2)=N[C@@H]1O. The molecule has 0 aromatic heterocycles. The van der Waals surface area contributed by atoms with Crippen molar-refractivity contribution in [1.82, 2.24) is 0 Å². The van der Waals surface area contributed by atoms with Crippen LogP contribution in [0.2, 0.25) is 0 Å². The minimum atomic E-state index is -0.839. The number of hydrogen-bond acceptors (Lipinski definition) is 6. The minimum Gasteiger partial charge on any atom is -0.474 e. The van der Waals surface area contributed by atoms with Crippen molar-refractivity contribution in [3.05, 3.63) is 0 Å². The van der Waals surface area contributed by atoms with Gasteiger partial charge in [0.25, 0.3) is 0 Å². The summed E-state index contributed by atoms with van der Waals surface area (Å²) in [6, 6.07) is 0. The minimum absolute atomic E-state index is 0.138. The van der Waals surface area contributed by atoms with Crippen molar-refractivity contribution < 1.29 is 19.7 Å². The molecule has 0 aromatic carbocycles. The highest BCUT2D eigenvalue weighted by atomic mass is 16.5. The van der Waals surface area contributed by atoms with Crippen LogP contribution < -0.4 is 0 Å². The van der Waals surface area contributed by atoms with Gasteiger partial charge in [0.1, 0.15) is 23.2 Å². The largest absolute Gasteiger partial charge is 0.474 e. The summed E-state index contributed by atoms with van der Waals surface area (Å²) < 4.78 is 11.4. The first-order chi connectivity index (χ1) is 8.77. The molecule has 0 unspecified atom stereocenters. The number of hydrogen-bond donors (Lipinski definition) is 2. The Morgan fingerprint density at radius 1 is 1.21 bits per heavy atom. The van der Waals surface area contributed by atoms with Crippen LogP contribution in [0.3, 0.4) is 0 Å². The van der Waals surface area contributed by atoms with Crippen molar-refractivity contribution in [2.45, 2.75) is 64.2 Å². The molecule has 1 spiro atoms. The van der Waals surface area contributed by atoms with Crippen molar-refractivity contribution in [2.24, 2.45) is 15.4 Å². The molecule has 0 saturated heterocycles. The van der Waals surface area contributed by atoms with Crippen molar-refractivity contribution in [3.8, 4) is 0 Å². The van der Waals surface area contributed by atoms with E-state index in [1.165, 1.54) is 0 Å². The third kappa shape index (κ3) is 1.70. The van der Waals surface area contributed by atoms with Gasteiger partial charge in [-0.05, 0) is 27.7 Å². The summed E-state index contributed by atoms with van der Waals surface area (Å²) in [6.07, 6.45) is -1.11. The Balaban J connectivity index is 1.87. The highest BCUT2D eigenvalue weighted by Crippen LogP contribution is 2.49. The number of rotatable bonds is 2. The monoisotopic (exact) mass is 268 g/mol. The van der Waals surface area contributed by atoms with Gasteiger partial charge in [0.05, 0.1) is 6.10 Å². The average Bonchev–Trinajstić information content (AvgIpc) is 2.64. The van der Waals surface area contributed by atoms with Gasteiger partial charge >= 0.3 is 0 Å². The van der Waals surface area contributed by atoms with E-state index >= 15 is 0 Å². The predicted molar refractivity (Wildman–Crippen MR) is 69.1 cm³/mol. The van der Waals surface area contributed by atoms with Gasteiger partial charge in [-0.1, -0.05) is 0 Å². The number of aliphatic hydroxyl groups excluding tert-OH is 2. The molecule has 6 nitrogen and oxygen atoms in total. The lowest BCUT2D eigenvalue weighted by Gasteiger charge is -2.24. The second-order valence-electron chi connectivity index (χ2n) is 6.18. The van der Waals surface area contributed by atoms with E-state index in [4.69, 9.17) is 9.47 Å². The van der Waals surface area contributed by atoms with Crippen molar-refractivity contribution in [1.29, 1.82) is 0 Å². The lowest BCUT2D eigenvalue weighted by Crippen LogP contribution is -2.35. The Kier molecular flexibility index (Phi) is 2.51. The molecule has 1 fully saturated rings. The van der Waals surface area contributed by atoms with E-state index in [1.54, 1.807) is 6.92 Å². The van der Waals surface area contributed by atoms with Gasteiger partial charge in [0.2, 0.25) is 5.90 Å². The third-order valence-corrected chi connectivity index (χ3v) is 4.28. The predicted octanol–water partition coefficient (Wildman–Crippen LogP) is 0.469. The van der Waals surface area contributed by atoms with Crippen molar-refractivity contribution in [3.63, 3.8) is 0 Å². The standard InChI is InChI=1S/C13H20N2O4/c1-6-9(17)14-10(18-6)12(3,4)11-15-13(5-8(13)16)7(2)19-11/h6-9,16-17H,5H2,1-4H3/t6-,7-,8-,9-,13-/m1/s1. The summed E-state index contributed by atoms with van der Waals surface area (Å²) in [7, 11) is 0. The van der Waals surface area contributed by atoms with E-state index in [0.717, 1.165) is 0 Å². The third-order valence-electron chi connectivity index (χ3n) is 4.28. The van der Waals surface area contributed by atoms with E-state index in [9.17, 15) is 10.2 Å². The van der Waals surface area contributed by atoms with Gasteiger partial charge in [-0.2, -0.15) is 0 Å². The fraction of sp³-hybridized carbons (Fsp3) is 0.846. The first kappa shape index (κ1) is 12.9. The number of ether oxygens (including phenoxy) is 2. The van der Waals surface area contributed by atoms with Crippen LogP contribution in [0, 0.1) is 5.41 Å². The molecule has 2 aliphatic heterocycles. The molecule has 6 heteroatoms. The van der Waals surface area contributed by atoms with Gasteiger partial charge in [0.15, 0.2) is 12.1 Å². The van der Waals surface area contributed by atoms with Crippen LogP contribution in [0.15, 0.2) is 9.98 Å². The van der Waals surface area contributed by atoms with Crippen molar-refractivity contribution in [2.75, 3.05) is 0 Å². The molecular formula is C13H20N2O4. The summed E-state index contributed by atoms with van der Waals surface area (Å²) in [4.78, 5) is 8.69. The van der Waals surface area contributed by atoms with Gasteiger partial charge in [-0.15, -0.1) is 0 Å². The second-order valence-corrected chi connectivity index (χ2v) is 6.18. The summed E-state index contributed by atoms with van der Waals surface area (Å²) in [6.45, 7) is 7.48. The van der Waals surface area contributed by atoms with E-state index in [-0.39, 0.29) is 12.2 Å². The second kappa shape index (κ2) is 3.70. The zero-order valence-corrected chi connectivity index (χ0v) is 11.6. The molecular weight excluding hydrogens is 248 g/mol. The zero-order chi connectivity index (χ0) is 14.0. The van der Waals surface area contributed by atoms with E-state index in [2.05, 4.69) is 9.98 Å². The molecule has 0 aromatic rings. The van der Waals surface area contributed by atoms with E-state index in [1.807, 2.05) is 20.8 Å². The quantitative estimate of drug-likeness (QED) is 0.762. The Morgan fingerprint density at radius 2 is 1.84 bits per heavy atom. The van der Waals surface area contributed by atoms with Crippen LogP contribution in [0.4, 0.5) is 0 Å². The molecule has 2 heterocycles. The highest BCUT2D eigenvalue weighted by molar-refractivity contribution is 6.05. The Labute approximate surface area is 112 Å². The van der Waals surface area contributed by atoms with Crippen LogP contribution in [0.25, 0.3) is 0 Å². The van der Waals surface area contributed by atoms with Crippen LogP contribution in [-0.4, -0.2) is 52.1 Å². The van der Waals surface area contributed by atoms with Crippen LogP contribution in [-0.2, 0) is 9.47 Å². The Bertz CT molecular complexity index is 473. The maximum atomic E-state index is 9.73. The van der Waals surface area contributed by atoms with Gasteiger partial charge in [-0.3, -0.25) is 0 Å². The number of nitrogens with zero attached hydrogens (tertiary/aromatic N) is 2. The maximum Gasteiger partial charge on any atom is 0.201 e. The van der Waals surface area contributed by atoms with E-state index in [0.29, 0.717) is 18.2 Å². The summed E-state index contributed by atoms with van der Waals surface area (Å²) in [5.41, 5.74) is -1.11. The summed E-state index contributed by atoms with van der Waals surface area (Å²) in [5, 5.41) is 19.4. The normalized spacial score (nSPS) is 44.7. The van der Waals surface area contributed by atoms with Crippen molar-refractivity contribution >= 4 is 11.8 Å². The molecule has 1 aliphatic carbocycles. The molecule has 2 N–H and O–H groups in total. The highest BCUT2D eigenvalue weighted by Gasteiger charge is 2.64. The molecule has 5 atom stereocenters. The molecule has 1 saturated carbocycles. The van der Waals surface area contributed by atoms with E-state index < -0.39 is 23.3 Å². The summed E-state index contributed by atoms with van der Waals surface area (Å²) >= 11 is 0. The maximum absolute atomic E-state index is 9.73. The molecule has 0 radical (unpaired) electrons. The molecule has 0 amide bonds. The lowest BCUT2D eigenvalue weighted by molar-refractivity contribution is 0.0726. The lowest BCUT2D eigenvalue weighted by atomic mass is 9.93. The molecule has 19 heavy (non-hydrogen) atoms. The smallest absolute Gasteiger partial charge is 0.201 e. The molecule has 106 valence electrons. The van der Waals surface area contributed by atoms with Gasteiger partial charge in [-0.25, -0.2) is 9.98 Å². The number of aliphatic hydroxyl groups is 2. The molecule has 3 rings (SSSR count). The fourth-order valence-electron chi connectivity index (χ4n) is 2.56. The Hall–Kier alpha value is -1.14. The molecule has 3 aliphatic rings. The summed E-state index contributed by atoms with van der Waals surface area (Å²) in [5.74, 6) is 0.960. The average molecular weight is 268 g/mol. The fourth-order valence-corrected chi connectivity index (χ4v) is 2.56. The van der Waals surface area contributed by atoms with Gasteiger partial charge in [0, 0.05) is 6.42 Å². The van der Waals surface area contributed by atoms with Crippen LogP contribution >= 0.6 is 0 Å². The molecule has 0 bridgehead atoms. The Morgan fingerprint density at radius 3 is 2.26 bits per heavy atom. The van der Waals surface area contributed by atoms with Crippen LogP contribution in [0.1, 0.15) is 34.1 Å². The van der Waals surface area contributed by atoms with Crippen LogP contribution in [0.5, 0.6) is 0 Å². The zero-order valence-electron chi connectivity index (χ0n) is 11.6. The first-order valence-corrected chi connectivity index (χ1v) is 6.65.